The Hall–Kier alpha value is -2.57. The molecule has 0 aliphatic rings. The lowest BCUT2D eigenvalue weighted by Gasteiger charge is -2.02. The van der Waals surface area contributed by atoms with E-state index >= 15 is 0 Å². The molecule has 0 aliphatic heterocycles. The topological polar surface area (TPSA) is 113 Å². The molecule has 0 radical (unpaired) electrons. The Morgan fingerprint density at radius 2 is 2.22 bits per heavy atom. The zero-order valence-corrected chi connectivity index (χ0v) is 9.71. The molecule has 7 heteroatoms. The van der Waals surface area contributed by atoms with E-state index in [1.54, 1.807) is 6.92 Å². The monoisotopic (exact) mass is 248 g/mol. The third-order valence-electron chi connectivity index (χ3n) is 2.45. The van der Waals surface area contributed by atoms with Crippen molar-refractivity contribution in [1.82, 2.24) is 9.61 Å². The Bertz CT molecular complexity index is 632. The standard InChI is InChI=1S/C11H12N4O3/c1-2-18-11(17)6-3-8-9(12)7(10(13)16)4-14-15(8)5-6/h3-5H,2,12H2,1H3,(H2,13,16). The number of nitrogens with two attached hydrogens (primary N) is 2. The minimum Gasteiger partial charge on any atom is -0.462 e. The molecule has 0 spiro atoms. The number of nitrogen functional groups attached to an aromatic ring is 1. The first-order valence-electron chi connectivity index (χ1n) is 5.28. The van der Waals surface area contributed by atoms with Crippen LogP contribution in [0.2, 0.25) is 0 Å². The molecule has 0 fully saturated rings. The van der Waals surface area contributed by atoms with E-state index in [0.717, 1.165) is 0 Å². The van der Waals surface area contributed by atoms with Gasteiger partial charge in [0, 0.05) is 6.20 Å². The number of amides is 1. The zero-order valence-electron chi connectivity index (χ0n) is 9.71. The molecule has 0 aromatic carbocycles. The van der Waals surface area contributed by atoms with Crippen LogP contribution in [0.4, 0.5) is 5.69 Å². The summed E-state index contributed by atoms with van der Waals surface area (Å²) in [5.41, 5.74) is 12.0. The van der Waals surface area contributed by atoms with E-state index in [4.69, 9.17) is 16.2 Å². The smallest absolute Gasteiger partial charge is 0.339 e. The Morgan fingerprint density at radius 1 is 1.50 bits per heavy atom. The maximum absolute atomic E-state index is 11.5. The SMILES string of the molecule is CCOC(=O)c1cc2c(N)c(C(N)=O)cnn2c1. The second-order valence-electron chi connectivity index (χ2n) is 3.62. The van der Waals surface area contributed by atoms with Gasteiger partial charge in [-0.1, -0.05) is 0 Å². The second kappa shape index (κ2) is 4.36. The summed E-state index contributed by atoms with van der Waals surface area (Å²) in [6.07, 6.45) is 2.74. The number of fused-ring (bicyclic) bond motifs is 1. The normalized spacial score (nSPS) is 10.5. The molecule has 0 aliphatic carbocycles. The van der Waals surface area contributed by atoms with Crippen LogP contribution in [-0.2, 0) is 4.74 Å². The van der Waals surface area contributed by atoms with E-state index in [9.17, 15) is 9.59 Å². The molecule has 0 saturated carbocycles. The van der Waals surface area contributed by atoms with Crippen molar-refractivity contribution in [1.29, 1.82) is 0 Å². The number of carbonyl (C=O) groups is 2. The third-order valence-corrected chi connectivity index (χ3v) is 2.45. The van der Waals surface area contributed by atoms with Gasteiger partial charge < -0.3 is 16.2 Å². The number of rotatable bonds is 3. The predicted octanol–water partition coefficient (Wildman–Crippen LogP) is 0.192. The van der Waals surface area contributed by atoms with Crippen LogP contribution < -0.4 is 11.5 Å². The quantitative estimate of drug-likeness (QED) is 0.753. The molecular formula is C11H12N4O3. The van der Waals surface area contributed by atoms with Gasteiger partial charge in [0.05, 0.1) is 35.1 Å². The Morgan fingerprint density at radius 3 is 2.83 bits per heavy atom. The molecule has 94 valence electrons. The van der Waals surface area contributed by atoms with Crippen molar-refractivity contribution in [3.63, 3.8) is 0 Å². The molecule has 0 saturated heterocycles. The van der Waals surface area contributed by atoms with Gasteiger partial charge in [0.1, 0.15) is 0 Å². The highest BCUT2D eigenvalue weighted by Gasteiger charge is 2.15. The summed E-state index contributed by atoms with van der Waals surface area (Å²) in [4.78, 5) is 22.7. The number of esters is 1. The second-order valence-corrected chi connectivity index (χ2v) is 3.62. The third kappa shape index (κ3) is 1.86. The minimum absolute atomic E-state index is 0.121. The maximum Gasteiger partial charge on any atom is 0.339 e. The highest BCUT2D eigenvalue weighted by molar-refractivity contribution is 6.02. The van der Waals surface area contributed by atoms with E-state index < -0.39 is 11.9 Å². The van der Waals surface area contributed by atoms with Crippen LogP contribution in [0.25, 0.3) is 5.52 Å². The van der Waals surface area contributed by atoms with Gasteiger partial charge >= 0.3 is 5.97 Å². The molecule has 0 unspecified atom stereocenters. The highest BCUT2D eigenvalue weighted by atomic mass is 16.5. The fraction of sp³-hybridized carbons (Fsp3) is 0.182. The van der Waals surface area contributed by atoms with Gasteiger partial charge in [0.15, 0.2) is 0 Å². The van der Waals surface area contributed by atoms with E-state index in [0.29, 0.717) is 11.1 Å². The van der Waals surface area contributed by atoms with Gasteiger partial charge in [-0.2, -0.15) is 5.10 Å². The summed E-state index contributed by atoms with van der Waals surface area (Å²) in [7, 11) is 0. The molecule has 0 bridgehead atoms. The molecular weight excluding hydrogens is 236 g/mol. The Labute approximate surface area is 102 Å². The lowest BCUT2D eigenvalue weighted by atomic mass is 10.2. The van der Waals surface area contributed by atoms with Gasteiger partial charge in [-0.15, -0.1) is 0 Å². The van der Waals surface area contributed by atoms with Crippen molar-refractivity contribution >= 4 is 23.1 Å². The van der Waals surface area contributed by atoms with Crippen LogP contribution in [-0.4, -0.2) is 28.1 Å². The van der Waals surface area contributed by atoms with Crippen molar-refractivity contribution in [3.05, 3.63) is 29.6 Å². The first-order chi connectivity index (χ1) is 8.54. The van der Waals surface area contributed by atoms with Crippen LogP contribution >= 0.6 is 0 Å². The van der Waals surface area contributed by atoms with E-state index in [1.807, 2.05) is 0 Å². The first-order valence-corrected chi connectivity index (χ1v) is 5.28. The average molecular weight is 248 g/mol. The number of anilines is 1. The van der Waals surface area contributed by atoms with Crippen LogP contribution in [0.1, 0.15) is 27.6 Å². The average Bonchev–Trinajstić information content (AvgIpc) is 2.74. The number of hydrogen-bond donors (Lipinski definition) is 2. The molecule has 2 aromatic rings. The lowest BCUT2D eigenvalue weighted by molar-refractivity contribution is 0.0526. The van der Waals surface area contributed by atoms with Gasteiger partial charge in [0.2, 0.25) is 0 Å². The molecule has 7 nitrogen and oxygen atoms in total. The van der Waals surface area contributed by atoms with Crippen molar-refractivity contribution in [2.75, 3.05) is 12.3 Å². The summed E-state index contributed by atoms with van der Waals surface area (Å²) >= 11 is 0. The number of hydrogen-bond acceptors (Lipinski definition) is 5. The van der Waals surface area contributed by atoms with E-state index in [1.165, 1.54) is 23.0 Å². The van der Waals surface area contributed by atoms with Gasteiger partial charge in [-0.25, -0.2) is 9.31 Å². The predicted molar refractivity (Wildman–Crippen MR) is 64.1 cm³/mol. The van der Waals surface area contributed by atoms with Crippen LogP contribution in [0, 0.1) is 0 Å². The number of nitrogens with zero attached hydrogens (tertiary/aromatic N) is 2. The largest absolute Gasteiger partial charge is 0.462 e. The highest BCUT2D eigenvalue weighted by Crippen LogP contribution is 2.20. The van der Waals surface area contributed by atoms with E-state index in [2.05, 4.69) is 5.10 Å². The number of primary amides is 1. The summed E-state index contributed by atoms with van der Waals surface area (Å²) in [5, 5.41) is 3.95. The van der Waals surface area contributed by atoms with Gasteiger partial charge in [0.25, 0.3) is 5.91 Å². The van der Waals surface area contributed by atoms with Crippen LogP contribution in [0.3, 0.4) is 0 Å². The van der Waals surface area contributed by atoms with Crippen molar-refractivity contribution in [3.8, 4) is 0 Å². The molecule has 1 amide bonds. The number of ether oxygens (including phenoxy) is 1. The van der Waals surface area contributed by atoms with Crippen molar-refractivity contribution < 1.29 is 14.3 Å². The van der Waals surface area contributed by atoms with E-state index in [-0.39, 0.29) is 17.9 Å². The van der Waals surface area contributed by atoms with Gasteiger partial charge in [-0.3, -0.25) is 4.79 Å². The fourth-order valence-corrected chi connectivity index (χ4v) is 1.60. The maximum atomic E-state index is 11.5. The molecule has 18 heavy (non-hydrogen) atoms. The Kier molecular flexibility index (Phi) is 2.88. The molecule has 2 heterocycles. The van der Waals surface area contributed by atoms with Crippen LogP contribution in [0.5, 0.6) is 0 Å². The number of aromatic nitrogens is 2. The molecule has 0 atom stereocenters. The molecule has 4 N–H and O–H groups in total. The van der Waals surface area contributed by atoms with Crippen molar-refractivity contribution in [2.45, 2.75) is 6.92 Å². The lowest BCUT2D eigenvalue weighted by Crippen LogP contribution is -2.15. The molecule has 2 rings (SSSR count). The summed E-state index contributed by atoms with van der Waals surface area (Å²) < 4.78 is 6.26. The van der Waals surface area contributed by atoms with Gasteiger partial charge in [-0.05, 0) is 13.0 Å². The fourth-order valence-electron chi connectivity index (χ4n) is 1.60. The van der Waals surface area contributed by atoms with Crippen LogP contribution in [0.15, 0.2) is 18.5 Å². The zero-order chi connectivity index (χ0) is 13.3. The molecule has 2 aromatic heterocycles. The summed E-state index contributed by atoms with van der Waals surface area (Å²) in [6, 6.07) is 1.51. The minimum atomic E-state index is -0.665. The van der Waals surface area contributed by atoms with Crippen molar-refractivity contribution in [2.24, 2.45) is 5.73 Å². The summed E-state index contributed by atoms with van der Waals surface area (Å²) in [6.45, 7) is 1.99. The summed E-state index contributed by atoms with van der Waals surface area (Å²) in [5.74, 6) is -1.13. The first kappa shape index (κ1) is 11.9. The Balaban J connectivity index is 2.55. The number of carbonyl (C=O) groups excluding carboxylic acids is 2.